The van der Waals surface area contributed by atoms with Crippen LogP contribution in [0.2, 0.25) is 0 Å². The summed E-state index contributed by atoms with van der Waals surface area (Å²) < 4.78 is 5.41. The van der Waals surface area contributed by atoms with Crippen molar-refractivity contribution in [3.8, 4) is 5.75 Å². The fourth-order valence-electron chi connectivity index (χ4n) is 2.36. The smallest absolute Gasteiger partial charge is 0.141 e. The van der Waals surface area contributed by atoms with Crippen molar-refractivity contribution in [3.05, 3.63) is 23.8 Å². The molecule has 2 rings (SSSR count). The van der Waals surface area contributed by atoms with Crippen LogP contribution >= 0.6 is 0 Å². The highest BCUT2D eigenvalue weighted by atomic mass is 16.5. The molecule has 100 valence electrons. The Morgan fingerprint density at radius 2 is 2.06 bits per heavy atom. The fourth-order valence-corrected chi connectivity index (χ4v) is 2.36. The van der Waals surface area contributed by atoms with Gasteiger partial charge in [-0.15, -0.1) is 0 Å². The molecule has 0 bridgehead atoms. The summed E-state index contributed by atoms with van der Waals surface area (Å²) in [5, 5.41) is 6.85. The molecule has 3 heteroatoms. The molecule has 0 saturated heterocycles. The number of anilines is 1. The van der Waals surface area contributed by atoms with Crippen LogP contribution in [0, 0.1) is 5.41 Å². The first-order valence-corrected chi connectivity index (χ1v) is 6.78. The van der Waals surface area contributed by atoms with Crippen LogP contribution < -0.4 is 15.4 Å². The lowest BCUT2D eigenvalue weighted by Crippen LogP contribution is -2.26. The van der Waals surface area contributed by atoms with Gasteiger partial charge in [0.2, 0.25) is 0 Å². The van der Waals surface area contributed by atoms with Gasteiger partial charge in [0.15, 0.2) is 0 Å². The molecule has 0 heterocycles. The molecule has 0 aromatic heterocycles. The normalized spacial score (nSPS) is 16.4. The van der Waals surface area contributed by atoms with E-state index in [1.165, 1.54) is 18.4 Å². The summed E-state index contributed by atoms with van der Waals surface area (Å²) in [6.07, 6.45) is 3.69. The average Bonchev–Trinajstić information content (AvgIpc) is 3.16. The Bertz CT molecular complexity index is 399. The number of nitrogens with one attached hydrogen (secondary N) is 2. The Morgan fingerprint density at radius 1 is 1.28 bits per heavy atom. The standard InChI is InChI=1S/C15H24N2O/c1-4-12-5-6-14(18-3)13(9-12)17-11-15(7-8-15)10-16-2/h5-6,9,16-17H,4,7-8,10-11H2,1-3H3. The van der Waals surface area contributed by atoms with E-state index in [0.717, 1.165) is 30.9 Å². The molecule has 1 aromatic rings. The maximum Gasteiger partial charge on any atom is 0.141 e. The Morgan fingerprint density at radius 3 is 2.61 bits per heavy atom. The molecule has 18 heavy (non-hydrogen) atoms. The van der Waals surface area contributed by atoms with Gasteiger partial charge in [0.1, 0.15) is 5.75 Å². The van der Waals surface area contributed by atoms with Crippen LogP contribution in [0.3, 0.4) is 0 Å². The molecule has 0 amide bonds. The first-order chi connectivity index (χ1) is 8.73. The van der Waals surface area contributed by atoms with E-state index in [-0.39, 0.29) is 0 Å². The molecule has 2 N–H and O–H groups in total. The Hall–Kier alpha value is -1.22. The number of methoxy groups -OCH3 is 1. The summed E-state index contributed by atoms with van der Waals surface area (Å²) in [6, 6.07) is 6.39. The van der Waals surface area contributed by atoms with Crippen molar-refractivity contribution < 1.29 is 4.74 Å². The van der Waals surface area contributed by atoms with Crippen LogP contribution in [-0.4, -0.2) is 27.2 Å². The second-order valence-electron chi connectivity index (χ2n) is 5.27. The second-order valence-corrected chi connectivity index (χ2v) is 5.27. The Labute approximate surface area is 110 Å². The molecule has 0 aliphatic heterocycles. The van der Waals surface area contributed by atoms with Gasteiger partial charge >= 0.3 is 0 Å². The summed E-state index contributed by atoms with van der Waals surface area (Å²) >= 11 is 0. The quantitative estimate of drug-likeness (QED) is 0.778. The maximum atomic E-state index is 5.41. The van der Waals surface area contributed by atoms with E-state index < -0.39 is 0 Å². The predicted octanol–water partition coefficient (Wildman–Crippen LogP) is 2.67. The van der Waals surface area contributed by atoms with Crippen molar-refractivity contribution in [2.45, 2.75) is 26.2 Å². The van der Waals surface area contributed by atoms with Gasteiger partial charge in [-0.25, -0.2) is 0 Å². The number of benzene rings is 1. The van der Waals surface area contributed by atoms with Crippen molar-refractivity contribution >= 4 is 5.69 Å². The Kier molecular flexibility index (Phi) is 4.12. The summed E-state index contributed by atoms with van der Waals surface area (Å²) in [7, 11) is 3.75. The second kappa shape index (κ2) is 5.61. The van der Waals surface area contributed by atoms with E-state index >= 15 is 0 Å². The number of hydrogen-bond donors (Lipinski definition) is 2. The third-order valence-corrected chi connectivity index (χ3v) is 3.83. The van der Waals surface area contributed by atoms with Crippen LogP contribution in [0.1, 0.15) is 25.3 Å². The predicted molar refractivity (Wildman–Crippen MR) is 76.5 cm³/mol. The van der Waals surface area contributed by atoms with Gasteiger partial charge in [0, 0.05) is 18.5 Å². The molecule has 0 atom stereocenters. The van der Waals surface area contributed by atoms with Crippen molar-refractivity contribution in [2.75, 3.05) is 32.6 Å². The van der Waals surface area contributed by atoms with E-state index in [2.05, 4.69) is 35.8 Å². The Balaban J connectivity index is 2.03. The van der Waals surface area contributed by atoms with Crippen molar-refractivity contribution in [1.82, 2.24) is 5.32 Å². The highest BCUT2D eigenvalue weighted by molar-refractivity contribution is 5.58. The molecule has 3 nitrogen and oxygen atoms in total. The van der Waals surface area contributed by atoms with Gasteiger partial charge < -0.3 is 15.4 Å². The molecule has 0 spiro atoms. The molecular formula is C15H24N2O. The largest absolute Gasteiger partial charge is 0.495 e. The van der Waals surface area contributed by atoms with Gasteiger partial charge in [-0.1, -0.05) is 13.0 Å². The minimum atomic E-state index is 0.460. The van der Waals surface area contributed by atoms with Gasteiger partial charge in [0.05, 0.1) is 12.8 Å². The summed E-state index contributed by atoms with van der Waals surface area (Å²) in [6.45, 7) is 4.29. The number of ether oxygens (including phenoxy) is 1. The highest BCUT2D eigenvalue weighted by Crippen LogP contribution is 2.45. The third-order valence-electron chi connectivity index (χ3n) is 3.83. The fraction of sp³-hybridized carbons (Fsp3) is 0.600. The van der Waals surface area contributed by atoms with E-state index in [1.807, 2.05) is 7.05 Å². The zero-order chi connectivity index (χ0) is 13.0. The van der Waals surface area contributed by atoms with E-state index in [0.29, 0.717) is 5.41 Å². The summed E-state index contributed by atoms with van der Waals surface area (Å²) in [5.41, 5.74) is 2.93. The van der Waals surface area contributed by atoms with E-state index in [9.17, 15) is 0 Å². The number of rotatable bonds is 7. The highest BCUT2D eigenvalue weighted by Gasteiger charge is 2.41. The summed E-state index contributed by atoms with van der Waals surface area (Å²) in [4.78, 5) is 0. The summed E-state index contributed by atoms with van der Waals surface area (Å²) in [5.74, 6) is 0.937. The van der Waals surface area contributed by atoms with Gasteiger partial charge in [-0.2, -0.15) is 0 Å². The number of hydrogen-bond acceptors (Lipinski definition) is 3. The zero-order valence-electron chi connectivity index (χ0n) is 11.7. The number of aryl methyl sites for hydroxylation is 1. The van der Waals surface area contributed by atoms with Gasteiger partial charge in [-0.3, -0.25) is 0 Å². The van der Waals surface area contributed by atoms with Crippen molar-refractivity contribution in [3.63, 3.8) is 0 Å². The molecule has 1 saturated carbocycles. The molecule has 1 aliphatic carbocycles. The molecule has 1 aliphatic rings. The minimum Gasteiger partial charge on any atom is -0.495 e. The average molecular weight is 248 g/mol. The van der Waals surface area contributed by atoms with E-state index in [4.69, 9.17) is 4.74 Å². The van der Waals surface area contributed by atoms with Crippen LogP contribution in [0.5, 0.6) is 5.75 Å². The first kappa shape index (κ1) is 13.2. The third kappa shape index (κ3) is 2.96. The molecular weight excluding hydrogens is 224 g/mol. The maximum absolute atomic E-state index is 5.41. The monoisotopic (exact) mass is 248 g/mol. The van der Waals surface area contributed by atoms with Crippen LogP contribution in [0.25, 0.3) is 0 Å². The van der Waals surface area contributed by atoms with Crippen molar-refractivity contribution in [1.29, 1.82) is 0 Å². The van der Waals surface area contributed by atoms with Crippen molar-refractivity contribution in [2.24, 2.45) is 5.41 Å². The van der Waals surface area contributed by atoms with Gasteiger partial charge in [0.25, 0.3) is 0 Å². The minimum absolute atomic E-state index is 0.460. The molecule has 0 unspecified atom stereocenters. The van der Waals surface area contributed by atoms with E-state index in [1.54, 1.807) is 7.11 Å². The molecule has 1 fully saturated rings. The van der Waals surface area contributed by atoms with Crippen LogP contribution in [0.15, 0.2) is 18.2 Å². The first-order valence-electron chi connectivity index (χ1n) is 6.78. The molecule has 1 aromatic carbocycles. The molecule has 0 radical (unpaired) electrons. The lowest BCUT2D eigenvalue weighted by molar-refractivity contribution is 0.415. The SMILES string of the molecule is CCc1ccc(OC)c(NCC2(CNC)CC2)c1. The lowest BCUT2D eigenvalue weighted by atomic mass is 10.1. The topological polar surface area (TPSA) is 33.3 Å². The van der Waals surface area contributed by atoms with Crippen LogP contribution in [0.4, 0.5) is 5.69 Å². The van der Waals surface area contributed by atoms with Crippen LogP contribution in [-0.2, 0) is 6.42 Å². The zero-order valence-corrected chi connectivity index (χ0v) is 11.7. The lowest BCUT2D eigenvalue weighted by Gasteiger charge is -2.18. The van der Waals surface area contributed by atoms with Gasteiger partial charge in [-0.05, 0) is 44.0 Å².